The van der Waals surface area contributed by atoms with E-state index in [-0.39, 0.29) is 23.9 Å². The number of carbonyl (C=O) groups is 1. The molecule has 128 valence electrons. The number of halogens is 1. The fraction of sp³-hybridized carbons (Fsp3) is 0.158. The number of hydrogen-bond acceptors (Lipinski definition) is 3. The van der Waals surface area contributed by atoms with Crippen LogP contribution in [0.2, 0.25) is 0 Å². The first-order chi connectivity index (χ1) is 12.0. The van der Waals surface area contributed by atoms with Gasteiger partial charge in [-0.05, 0) is 35.4 Å². The molecule has 0 aliphatic rings. The Balaban J connectivity index is 1.82. The number of imidazole rings is 1. The quantitative estimate of drug-likeness (QED) is 0.751. The minimum Gasteiger partial charge on any atom is -0.508 e. The van der Waals surface area contributed by atoms with Crippen molar-refractivity contribution in [2.75, 3.05) is 0 Å². The van der Waals surface area contributed by atoms with Gasteiger partial charge >= 0.3 is 0 Å². The maximum Gasteiger partial charge on any atom is 0.225 e. The summed E-state index contributed by atoms with van der Waals surface area (Å²) in [6, 6.07) is 12.0. The molecular formula is C19H18FN3O2. The predicted molar refractivity (Wildman–Crippen MR) is 91.4 cm³/mol. The van der Waals surface area contributed by atoms with Crippen LogP contribution in [0.25, 0.3) is 0 Å². The molecule has 3 aromatic rings. The lowest BCUT2D eigenvalue weighted by Crippen LogP contribution is -2.32. The van der Waals surface area contributed by atoms with Crippen LogP contribution in [-0.2, 0) is 18.3 Å². The molecule has 5 nitrogen and oxygen atoms in total. The second kappa shape index (κ2) is 7.17. The van der Waals surface area contributed by atoms with E-state index in [4.69, 9.17) is 0 Å². The third kappa shape index (κ3) is 4.03. The third-order valence-corrected chi connectivity index (χ3v) is 3.93. The lowest BCUT2D eigenvalue weighted by Gasteiger charge is -2.19. The van der Waals surface area contributed by atoms with Crippen molar-refractivity contribution < 1.29 is 14.3 Å². The van der Waals surface area contributed by atoms with Crippen LogP contribution in [0.15, 0.2) is 60.9 Å². The number of nitrogens with one attached hydrogen (secondary N) is 1. The molecule has 1 unspecified atom stereocenters. The highest BCUT2D eigenvalue weighted by atomic mass is 19.1. The fourth-order valence-electron chi connectivity index (χ4n) is 2.62. The standard InChI is InChI=1S/C19H18FN3O2/c1-23-11-10-21-19(23)18(14-4-6-15(20)7-5-14)22-17(25)12-13-2-8-16(24)9-3-13/h2-11,18,24H,12H2,1H3,(H,22,25). The zero-order valence-corrected chi connectivity index (χ0v) is 13.7. The predicted octanol–water partition coefficient (Wildman–Crippen LogP) is 2.71. The van der Waals surface area contributed by atoms with Crippen LogP contribution >= 0.6 is 0 Å². The Labute approximate surface area is 144 Å². The van der Waals surface area contributed by atoms with Gasteiger partial charge in [0.1, 0.15) is 23.4 Å². The molecule has 1 heterocycles. The molecule has 0 aliphatic carbocycles. The summed E-state index contributed by atoms with van der Waals surface area (Å²) in [5.41, 5.74) is 1.53. The monoisotopic (exact) mass is 339 g/mol. The average molecular weight is 339 g/mol. The molecule has 2 aromatic carbocycles. The topological polar surface area (TPSA) is 67.2 Å². The van der Waals surface area contributed by atoms with Gasteiger partial charge in [0.25, 0.3) is 0 Å². The van der Waals surface area contributed by atoms with Gasteiger partial charge < -0.3 is 15.0 Å². The molecule has 2 N–H and O–H groups in total. The number of amides is 1. The van der Waals surface area contributed by atoms with Crippen LogP contribution in [-0.4, -0.2) is 20.6 Å². The van der Waals surface area contributed by atoms with Gasteiger partial charge in [-0.2, -0.15) is 0 Å². The Kier molecular flexibility index (Phi) is 4.79. The smallest absolute Gasteiger partial charge is 0.225 e. The van der Waals surface area contributed by atoms with Crippen LogP contribution in [0.1, 0.15) is 23.0 Å². The SMILES string of the molecule is Cn1ccnc1C(NC(=O)Cc1ccc(O)cc1)c1ccc(F)cc1. The van der Waals surface area contributed by atoms with Crippen LogP contribution in [0, 0.1) is 5.82 Å². The van der Waals surface area contributed by atoms with Crippen LogP contribution < -0.4 is 5.32 Å². The van der Waals surface area contributed by atoms with Gasteiger partial charge in [-0.1, -0.05) is 24.3 Å². The van der Waals surface area contributed by atoms with E-state index in [2.05, 4.69) is 10.3 Å². The van der Waals surface area contributed by atoms with Gasteiger partial charge in [0.05, 0.1) is 6.42 Å². The average Bonchev–Trinajstić information content (AvgIpc) is 3.01. The molecule has 0 aliphatic heterocycles. The zero-order chi connectivity index (χ0) is 17.8. The molecule has 6 heteroatoms. The number of rotatable bonds is 5. The molecule has 1 aromatic heterocycles. The highest BCUT2D eigenvalue weighted by molar-refractivity contribution is 5.79. The van der Waals surface area contributed by atoms with Crippen molar-refractivity contribution in [1.29, 1.82) is 0 Å². The molecule has 0 radical (unpaired) electrons. The maximum absolute atomic E-state index is 13.2. The molecule has 0 fully saturated rings. The van der Waals surface area contributed by atoms with Gasteiger partial charge in [0.15, 0.2) is 0 Å². The normalized spacial score (nSPS) is 11.9. The number of phenols is 1. The number of carbonyl (C=O) groups excluding carboxylic acids is 1. The lowest BCUT2D eigenvalue weighted by atomic mass is 10.0. The number of benzene rings is 2. The molecule has 3 rings (SSSR count). The van der Waals surface area contributed by atoms with E-state index < -0.39 is 6.04 Å². The van der Waals surface area contributed by atoms with Gasteiger partial charge in [-0.15, -0.1) is 0 Å². The Morgan fingerprint density at radius 1 is 1.20 bits per heavy atom. The van der Waals surface area contributed by atoms with Gasteiger partial charge in [0.2, 0.25) is 5.91 Å². The van der Waals surface area contributed by atoms with E-state index in [0.717, 1.165) is 11.1 Å². The van der Waals surface area contributed by atoms with Crippen molar-refractivity contribution in [3.8, 4) is 5.75 Å². The Bertz CT molecular complexity index is 857. The molecule has 1 amide bonds. The third-order valence-electron chi connectivity index (χ3n) is 3.93. The van der Waals surface area contributed by atoms with Crippen LogP contribution in [0.5, 0.6) is 5.75 Å². The Morgan fingerprint density at radius 3 is 2.48 bits per heavy atom. The number of hydrogen-bond donors (Lipinski definition) is 2. The maximum atomic E-state index is 13.2. The van der Waals surface area contributed by atoms with Crippen molar-refractivity contribution >= 4 is 5.91 Å². The summed E-state index contributed by atoms with van der Waals surface area (Å²) in [6.07, 6.45) is 3.61. The lowest BCUT2D eigenvalue weighted by molar-refractivity contribution is -0.121. The van der Waals surface area contributed by atoms with Gasteiger partial charge in [0, 0.05) is 19.4 Å². The first-order valence-electron chi connectivity index (χ1n) is 7.83. The number of aromatic nitrogens is 2. The highest BCUT2D eigenvalue weighted by Gasteiger charge is 2.20. The number of phenolic OH excluding ortho intramolecular Hbond substituents is 1. The number of nitrogens with zero attached hydrogens (tertiary/aromatic N) is 2. The summed E-state index contributed by atoms with van der Waals surface area (Å²) in [5, 5.41) is 12.3. The molecule has 1 atom stereocenters. The molecule has 25 heavy (non-hydrogen) atoms. The fourth-order valence-corrected chi connectivity index (χ4v) is 2.62. The molecular weight excluding hydrogens is 321 g/mol. The first kappa shape index (κ1) is 16.7. The molecule has 0 saturated heterocycles. The van der Waals surface area contributed by atoms with E-state index in [1.54, 1.807) is 48.8 Å². The molecule has 0 saturated carbocycles. The van der Waals surface area contributed by atoms with Crippen molar-refractivity contribution in [2.45, 2.75) is 12.5 Å². The van der Waals surface area contributed by atoms with Crippen molar-refractivity contribution in [1.82, 2.24) is 14.9 Å². The Morgan fingerprint density at radius 2 is 1.88 bits per heavy atom. The number of aromatic hydroxyl groups is 1. The van der Waals surface area contributed by atoms with Crippen molar-refractivity contribution in [2.24, 2.45) is 7.05 Å². The van der Waals surface area contributed by atoms with Gasteiger partial charge in [-0.25, -0.2) is 9.37 Å². The summed E-state index contributed by atoms with van der Waals surface area (Å²) in [6.45, 7) is 0. The minimum atomic E-state index is -0.481. The van der Waals surface area contributed by atoms with E-state index in [0.29, 0.717) is 5.82 Å². The summed E-state index contributed by atoms with van der Waals surface area (Å²) >= 11 is 0. The number of aryl methyl sites for hydroxylation is 1. The highest BCUT2D eigenvalue weighted by Crippen LogP contribution is 2.21. The Hall–Kier alpha value is -3.15. The van der Waals surface area contributed by atoms with E-state index in [9.17, 15) is 14.3 Å². The van der Waals surface area contributed by atoms with Crippen molar-refractivity contribution in [3.63, 3.8) is 0 Å². The van der Waals surface area contributed by atoms with Crippen LogP contribution in [0.3, 0.4) is 0 Å². The van der Waals surface area contributed by atoms with E-state index >= 15 is 0 Å². The van der Waals surface area contributed by atoms with E-state index in [1.807, 2.05) is 11.6 Å². The second-order valence-corrected chi connectivity index (χ2v) is 5.79. The van der Waals surface area contributed by atoms with Crippen LogP contribution in [0.4, 0.5) is 4.39 Å². The zero-order valence-electron chi connectivity index (χ0n) is 13.7. The largest absolute Gasteiger partial charge is 0.508 e. The van der Waals surface area contributed by atoms with Gasteiger partial charge in [-0.3, -0.25) is 4.79 Å². The van der Waals surface area contributed by atoms with E-state index in [1.165, 1.54) is 12.1 Å². The first-order valence-corrected chi connectivity index (χ1v) is 7.83. The molecule has 0 bridgehead atoms. The summed E-state index contributed by atoms with van der Waals surface area (Å²) in [5.74, 6) is 0.285. The minimum absolute atomic E-state index is 0.154. The summed E-state index contributed by atoms with van der Waals surface area (Å²) in [7, 11) is 1.84. The second-order valence-electron chi connectivity index (χ2n) is 5.79. The molecule has 0 spiro atoms. The summed E-state index contributed by atoms with van der Waals surface area (Å²) in [4.78, 5) is 16.8. The summed E-state index contributed by atoms with van der Waals surface area (Å²) < 4.78 is 15.0. The van der Waals surface area contributed by atoms with Crippen molar-refractivity contribution in [3.05, 3.63) is 83.7 Å².